The first-order valence-corrected chi connectivity index (χ1v) is 17.8. The summed E-state index contributed by atoms with van der Waals surface area (Å²) in [5.74, 6) is 0. The maximum Gasteiger partial charge on any atom is 0.137 e. The normalized spacial score (nSPS) is 11.5. The summed E-state index contributed by atoms with van der Waals surface area (Å²) in [5, 5.41) is 7.22. The third-order valence-electron chi connectivity index (χ3n) is 10.2. The van der Waals surface area contributed by atoms with Gasteiger partial charge >= 0.3 is 0 Å². The van der Waals surface area contributed by atoms with Crippen molar-refractivity contribution in [3.8, 4) is 33.4 Å². The summed E-state index contributed by atoms with van der Waals surface area (Å²) in [4.78, 5) is 2.35. The minimum atomic E-state index is 0.868. The van der Waals surface area contributed by atoms with Gasteiger partial charge in [0.2, 0.25) is 0 Å². The van der Waals surface area contributed by atoms with E-state index >= 15 is 0 Å². The van der Waals surface area contributed by atoms with Gasteiger partial charge in [-0.15, -0.1) is 0 Å². The summed E-state index contributed by atoms with van der Waals surface area (Å²) in [6.45, 7) is 0. The Bertz CT molecular complexity index is 2920. The van der Waals surface area contributed by atoms with Crippen LogP contribution in [0.3, 0.4) is 0 Å². The molecule has 0 saturated heterocycles. The standard InChI is InChI=1S/C50H33NO/c1-3-22-43-34(12-1)14-10-25-45(43)38-18-7-16-36(30-38)37-17-8-20-40(31-37)51(42-28-29-48-47-24-5-6-27-49(47)52-50(48)33-42)41-21-9-19-39(32-41)46-26-11-15-35-13-2-4-23-44(35)46/h1-33H. The molecule has 9 aromatic carbocycles. The van der Waals surface area contributed by atoms with Crippen molar-refractivity contribution in [3.05, 3.63) is 200 Å². The number of fused-ring (bicyclic) bond motifs is 5. The number of rotatable bonds is 6. The molecule has 0 bridgehead atoms. The van der Waals surface area contributed by atoms with Crippen LogP contribution in [0.25, 0.3) is 76.9 Å². The second-order valence-corrected chi connectivity index (χ2v) is 13.3. The summed E-state index contributed by atoms with van der Waals surface area (Å²) in [6.07, 6.45) is 0. The smallest absolute Gasteiger partial charge is 0.137 e. The molecule has 0 unspecified atom stereocenters. The molecule has 0 saturated carbocycles. The lowest BCUT2D eigenvalue weighted by molar-refractivity contribution is 0.669. The van der Waals surface area contributed by atoms with Crippen molar-refractivity contribution in [3.63, 3.8) is 0 Å². The number of para-hydroxylation sites is 1. The molecule has 2 nitrogen and oxygen atoms in total. The molecule has 0 aliphatic heterocycles. The van der Waals surface area contributed by atoms with Crippen molar-refractivity contribution in [2.75, 3.05) is 4.90 Å². The van der Waals surface area contributed by atoms with Gasteiger partial charge in [0.05, 0.1) is 0 Å². The first kappa shape index (κ1) is 30.0. The molecule has 244 valence electrons. The van der Waals surface area contributed by atoms with Gasteiger partial charge in [0.25, 0.3) is 0 Å². The van der Waals surface area contributed by atoms with E-state index < -0.39 is 0 Å². The molecule has 0 aliphatic carbocycles. The lowest BCUT2D eigenvalue weighted by Crippen LogP contribution is -2.10. The van der Waals surface area contributed by atoms with Crippen LogP contribution in [0, 0.1) is 0 Å². The molecule has 10 aromatic rings. The Hall–Kier alpha value is -6.90. The molecule has 0 spiro atoms. The van der Waals surface area contributed by atoms with Gasteiger partial charge in [0, 0.05) is 33.9 Å². The molecule has 1 heterocycles. The van der Waals surface area contributed by atoms with Gasteiger partial charge in [-0.2, -0.15) is 0 Å². The zero-order valence-electron chi connectivity index (χ0n) is 28.4. The molecule has 0 N–H and O–H groups in total. The van der Waals surface area contributed by atoms with Crippen LogP contribution in [0.2, 0.25) is 0 Å². The van der Waals surface area contributed by atoms with Crippen molar-refractivity contribution in [2.24, 2.45) is 0 Å². The number of nitrogens with zero attached hydrogens (tertiary/aromatic N) is 1. The van der Waals surface area contributed by atoms with E-state index in [1.54, 1.807) is 0 Å². The highest BCUT2D eigenvalue weighted by molar-refractivity contribution is 6.06. The highest BCUT2D eigenvalue weighted by Gasteiger charge is 2.18. The Morgan fingerprint density at radius 3 is 1.44 bits per heavy atom. The van der Waals surface area contributed by atoms with E-state index in [1.165, 1.54) is 49.4 Å². The Kier molecular flexibility index (Phi) is 7.18. The van der Waals surface area contributed by atoms with E-state index in [9.17, 15) is 0 Å². The highest BCUT2D eigenvalue weighted by Crippen LogP contribution is 2.42. The van der Waals surface area contributed by atoms with Gasteiger partial charge in [0.15, 0.2) is 0 Å². The molecular weight excluding hydrogens is 631 g/mol. The topological polar surface area (TPSA) is 16.4 Å². The molecule has 52 heavy (non-hydrogen) atoms. The first-order chi connectivity index (χ1) is 25.8. The summed E-state index contributed by atoms with van der Waals surface area (Å²) >= 11 is 0. The quantitative estimate of drug-likeness (QED) is 0.176. The second kappa shape index (κ2) is 12.5. The van der Waals surface area contributed by atoms with Gasteiger partial charge in [-0.1, -0.05) is 146 Å². The van der Waals surface area contributed by atoms with Crippen molar-refractivity contribution >= 4 is 60.5 Å². The first-order valence-electron chi connectivity index (χ1n) is 17.8. The molecule has 0 atom stereocenters. The van der Waals surface area contributed by atoms with Gasteiger partial charge in [0.1, 0.15) is 11.2 Å². The average molecular weight is 664 g/mol. The van der Waals surface area contributed by atoms with Crippen LogP contribution < -0.4 is 4.90 Å². The molecular formula is C50H33NO. The second-order valence-electron chi connectivity index (χ2n) is 13.3. The van der Waals surface area contributed by atoms with Crippen LogP contribution in [-0.4, -0.2) is 0 Å². The number of furan rings is 1. The van der Waals surface area contributed by atoms with Crippen LogP contribution in [0.4, 0.5) is 17.1 Å². The monoisotopic (exact) mass is 663 g/mol. The fourth-order valence-corrected chi connectivity index (χ4v) is 7.76. The Balaban J connectivity index is 1.13. The van der Waals surface area contributed by atoms with Crippen LogP contribution in [0.5, 0.6) is 0 Å². The van der Waals surface area contributed by atoms with Crippen LogP contribution in [0.1, 0.15) is 0 Å². The lowest BCUT2D eigenvalue weighted by Gasteiger charge is -2.26. The van der Waals surface area contributed by atoms with Crippen molar-refractivity contribution in [2.45, 2.75) is 0 Å². The maximum atomic E-state index is 6.41. The van der Waals surface area contributed by atoms with E-state index in [0.29, 0.717) is 0 Å². The summed E-state index contributed by atoms with van der Waals surface area (Å²) in [6, 6.07) is 71.8. The van der Waals surface area contributed by atoms with Gasteiger partial charge in [-0.05, 0) is 103 Å². The number of hydrogen-bond acceptors (Lipinski definition) is 2. The Morgan fingerprint density at radius 2 is 0.750 bits per heavy atom. The summed E-state index contributed by atoms with van der Waals surface area (Å²) in [7, 11) is 0. The van der Waals surface area contributed by atoms with Crippen LogP contribution in [0.15, 0.2) is 205 Å². The number of benzene rings is 9. The fourth-order valence-electron chi connectivity index (χ4n) is 7.76. The van der Waals surface area contributed by atoms with Gasteiger partial charge < -0.3 is 9.32 Å². The lowest BCUT2D eigenvalue weighted by atomic mass is 9.95. The van der Waals surface area contributed by atoms with E-state index in [2.05, 4.69) is 193 Å². The van der Waals surface area contributed by atoms with Gasteiger partial charge in [-0.3, -0.25) is 0 Å². The third kappa shape index (κ3) is 5.21. The zero-order chi connectivity index (χ0) is 34.4. The largest absolute Gasteiger partial charge is 0.456 e. The summed E-state index contributed by atoms with van der Waals surface area (Å²) < 4.78 is 6.41. The van der Waals surface area contributed by atoms with E-state index in [1.807, 2.05) is 12.1 Å². The molecule has 0 aliphatic rings. The fraction of sp³-hybridized carbons (Fsp3) is 0. The third-order valence-corrected chi connectivity index (χ3v) is 10.2. The van der Waals surface area contributed by atoms with Crippen molar-refractivity contribution in [1.29, 1.82) is 0 Å². The van der Waals surface area contributed by atoms with E-state index in [-0.39, 0.29) is 0 Å². The highest BCUT2D eigenvalue weighted by atomic mass is 16.3. The summed E-state index contributed by atoms with van der Waals surface area (Å²) in [5.41, 5.74) is 12.1. The minimum absolute atomic E-state index is 0.868. The van der Waals surface area contributed by atoms with E-state index in [4.69, 9.17) is 4.42 Å². The molecule has 0 radical (unpaired) electrons. The molecule has 0 fully saturated rings. The molecule has 0 amide bonds. The van der Waals surface area contributed by atoms with Crippen LogP contribution in [-0.2, 0) is 0 Å². The van der Waals surface area contributed by atoms with Crippen LogP contribution >= 0.6 is 0 Å². The zero-order valence-corrected chi connectivity index (χ0v) is 28.4. The average Bonchev–Trinajstić information content (AvgIpc) is 3.59. The van der Waals surface area contributed by atoms with Gasteiger partial charge in [-0.25, -0.2) is 0 Å². The predicted octanol–water partition coefficient (Wildman–Crippen LogP) is 14.4. The van der Waals surface area contributed by atoms with Crippen molar-refractivity contribution < 1.29 is 4.42 Å². The molecule has 2 heteroatoms. The van der Waals surface area contributed by atoms with E-state index in [0.717, 1.165) is 44.6 Å². The number of hydrogen-bond donors (Lipinski definition) is 0. The maximum absolute atomic E-state index is 6.41. The minimum Gasteiger partial charge on any atom is -0.456 e. The number of anilines is 3. The molecule has 10 rings (SSSR count). The molecule has 1 aromatic heterocycles. The SMILES string of the molecule is c1cc(-c2cccc(N(c3cccc(-c4cccc5ccccc45)c3)c3ccc4c(c3)oc3ccccc34)c2)cc(-c2cccc3ccccc23)c1. The van der Waals surface area contributed by atoms with Crippen molar-refractivity contribution in [1.82, 2.24) is 0 Å². The Labute approximate surface area is 302 Å². The predicted molar refractivity (Wildman–Crippen MR) is 220 cm³/mol. The Morgan fingerprint density at radius 1 is 0.288 bits per heavy atom.